The molecule has 1 heterocycles. The fraction of sp³-hybridized carbons (Fsp3) is 0.0526. The molecule has 4 rings (SSSR count). The van der Waals surface area contributed by atoms with Gasteiger partial charge in [0.25, 0.3) is 0 Å². The number of nitrogens with one attached hydrogen (secondary N) is 1. The van der Waals surface area contributed by atoms with Crippen LogP contribution in [-0.4, -0.2) is 0 Å². The molecule has 0 saturated carbocycles. The van der Waals surface area contributed by atoms with Crippen molar-refractivity contribution in [1.82, 2.24) is 0 Å². The average Bonchev–Trinajstić information content (AvgIpc) is 2.54. The Bertz CT molecular complexity index is 781. The number of hydrogen-bond acceptors (Lipinski definition) is 2. The van der Waals surface area contributed by atoms with E-state index in [1.54, 1.807) is 0 Å². The summed E-state index contributed by atoms with van der Waals surface area (Å²) in [5.41, 5.74) is 5.15. The van der Waals surface area contributed by atoms with Crippen LogP contribution in [0.2, 0.25) is 0 Å². The Kier molecular flexibility index (Phi) is 3.17. The van der Waals surface area contributed by atoms with Gasteiger partial charge in [-0.3, -0.25) is 0 Å². The zero-order valence-corrected chi connectivity index (χ0v) is 12.4. The second-order valence-electron chi connectivity index (χ2n) is 5.16. The molecule has 0 fully saturated rings. The molecule has 2 heteroatoms. The minimum atomic E-state index is 0.995. The number of para-hydroxylation sites is 1. The van der Waals surface area contributed by atoms with Crippen LogP contribution in [0.4, 0.5) is 11.4 Å². The first kappa shape index (κ1) is 12.5. The molecule has 1 nitrogen and oxygen atoms in total. The highest BCUT2D eigenvalue weighted by Gasteiger charge is 2.18. The lowest BCUT2D eigenvalue weighted by molar-refractivity contribution is 1.06. The first-order valence-corrected chi connectivity index (χ1v) is 7.91. The summed E-state index contributed by atoms with van der Waals surface area (Å²) >= 11 is 1.87. The molecular weight excluding hydrogens is 274 g/mol. The number of hydrogen-bond donors (Lipinski definition) is 1. The highest BCUT2D eigenvalue weighted by atomic mass is 32.2. The highest BCUT2D eigenvalue weighted by Crippen LogP contribution is 2.42. The SMILES string of the molecule is c1ccc(Nc2cccc3c2Cc2ccccc2S3)cc1. The minimum Gasteiger partial charge on any atom is -0.355 e. The Morgan fingerprint density at radius 3 is 2.38 bits per heavy atom. The fourth-order valence-corrected chi connectivity index (χ4v) is 3.80. The Morgan fingerprint density at radius 2 is 1.48 bits per heavy atom. The van der Waals surface area contributed by atoms with Crippen LogP contribution in [-0.2, 0) is 6.42 Å². The van der Waals surface area contributed by atoms with Gasteiger partial charge in [-0.15, -0.1) is 0 Å². The molecular formula is C19H15NS. The van der Waals surface area contributed by atoms with E-state index >= 15 is 0 Å². The van der Waals surface area contributed by atoms with Gasteiger partial charge in [0.2, 0.25) is 0 Å². The highest BCUT2D eigenvalue weighted by molar-refractivity contribution is 7.99. The van der Waals surface area contributed by atoms with Crippen molar-refractivity contribution in [3.05, 3.63) is 83.9 Å². The van der Waals surface area contributed by atoms with E-state index < -0.39 is 0 Å². The average molecular weight is 289 g/mol. The maximum absolute atomic E-state index is 3.55. The normalized spacial score (nSPS) is 12.4. The first-order valence-electron chi connectivity index (χ1n) is 7.10. The maximum Gasteiger partial charge on any atom is 0.0431 e. The van der Waals surface area contributed by atoms with Crippen molar-refractivity contribution in [2.24, 2.45) is 0 Å². The van der Waals surface area contributed by atoms with Gasteiger partial charge in [-0.2, -0.15) is 0 Å². The van der Waals surface area contributed by atoms with Crippen molar-refractivity contribution in [3.63, 3.8) is 0 Å². The van der Waals surface area contributed by atoms with Crippen LogP contribution in [0.5, 0.6) is 0 Å². The molecule has 0 bridgehead atoms. The fourth-order valence-electron chi connectivity index (χ4n) is 2.70. The molecule has 0 atom stereocenters. The molecule has 0 saturated heterocycles. The quantitative estimate of drug-likeness (QED) is 0.524. The summed E-state index contributed by atoms with van der Waals surface area (Å²) in [4.78, 5) is 2.73. The summed E-state index contributed by atoms with van der Waals surface area (Å²) in [6, 6.07) is 25.5. The number of anilines is 2. The van der Waals surface area contributed by atoms with Crippen molar-refractivity contribution in [2.45, 2.75) is 16.2 Å². The van der Waals surface area contributed by atoms with Crippen LogP contribution in [0.3, 0.4) is 0 Å². The van der Waals surface area contributed by atoms with Crippen LogP contribution in [0.25, 0.3) is 0 Å². The molecule has 0 aliphatic carbocycles. The van der Waals surface area contributed by atoms with Crippen LogP contribution < -0.4 is 5.32 Å². The molecule has 0 amide bonds. The molecule has 1 aliphatic rings. The number of fused-ring (bicyclic) bond motifs is 2. The largest absolute Gasteiger partial charge is 0.355 e. The van der Waals surface area contributed by atoms with Gasteiger partial charge < -0.3 is 5.32 Å². The van der Waals surface area contributed by atoms with Crippen molar-refractivity contribution in [3.8, 4) is 0 Å². The van der Waals surface area contributed by atoms with Gasteiger partial charge in [0.1, 0.15) is 0 Å². The van der Waals surface area contributed by atoms with Crippen LogP contribution in [0.15, 0.2) is 82.6 Å². The monoisotopic (exact) mass is 289 g/mol. The Balaban J connectivity index is 1.73. The minimum absolute atomic E-state index is 0.995. The Hall–Kier alpha value is -2.19. The summed E-state index contributed by atoms with van der Waals surface area (Å²) in [5, 5.41) is 3.55. The lowest BCUT2D eigenvalue weighted by atomic mass is 10.0. The van der Waals surface area contributed by atoms with Gasteiger partial charge in [0.15, 0.2) is 0 Å². The summed E-state index contributed by atoms with van der Waals surface area (Å²) in [5.74, 6) is 0. The third-order valence-corrected chi connectivity index (χ3v) is 4.97. The van der Waals surface area contributed by atoms with E-state index in [0.717, 1.165) is 12.1 Å². The first-order chi connectivity index (χ1) is 10.4. The van der Waals surface area contributed by atoms with Gasteiger partial charge in [0, 0.05) is 27.6 Å². The van der Waals surface area contributed by atoms with Gasteiger partial charge >= 0.3 is 0 Å². The van der Waals surface area contributed by atoms with Crippen LogP contribution in [0, 0.1) is 0 Å². The molecule has 1 aliphatic heterocycles. The topological polar surface area (TPSA) is 12.0 Å². The van der Waals surface area contributed by atoms with Crippen molar-refractivity contribution >= 4 is 23.1 Å². The van der Waals surface area contributed by atoms with E-state index in [1.165, 1.54) is 26.6 Å². The molecule has 0 aromatic heterocycles. The molecule has 0 spiro atoms. The van der Waals surface area contributed by atoms with E-state index in [-0.39, 0.29) is 0 Å². The van der Waals surface area contributed by atoms with Gasteiger partial charge in [-0.05, 0) is 41.5 Å². The lowest BCUT2D eigenvalue weighted by Gasteiger charge is -2.22. The standard InChI is InChI=1S/C19H15NS/c1-2-8-15(9-3-1)20-17-10-6-12-19-16(17)13-14-7-4-5-11-18(14)21-19/h1-12,20H,13H2. The summed E-state index contributed by atoms with van der Waals surface area (Å²) < 4.78 is 0. The third kappa shape index (κ3) is 2.43. The summed E-state index contributed by atoms with van der Waals surface area (Å²) in [6.07, 6.45) is 0.995. The van der Waals surface area contributed by atoms with E-state index in [4.69, 9.17) is 0 Å². The van der Waals surface area contributed by atoms with E-state index in [2.05, 4.69) is 72.0 Å². The molecule has 3 aromatic carbocycles. The van der Waals surface area contributed by atoms with E-state index in [0.29, 0.717) is 0 Å². The third-order valence-electron chi connectivity index (χ3n) is 3.75. The second kappa shape index (κ2) is 5.30. The van der Waals surface area contributed by atoms with Gasteiger partial charge in [-0.25, -0.2) is 0 Å². The van der Waals surface area contributed by atoms with Crippen molar-refractivity contribution in [2.75, 3.05) is 5.32 Å². The Labute approximate surface area is 129 Å². The van der Waals surface area contributed by atoms with Crippen molar-refractivity contribution in [1.29, 1.82) is 0 Å². The molecule has 1 N–H and O–H groups in total. The predicted octanol–water partition coefficient (Wildman–Crippen LogP) is 5.49. The molecule has 0 unspecified atom stereocenters. The smallest absolute Gasteiger partial charge is 0.0431 e. The van der Waals surface area contributed by atoms with E-state index in [1.807, 2.05) is 17.8 Å². The zero-order chi connectivity index (χ0) is 14.1. The number of benzene rings is 3. The van der Waals surface area contributed by atoms with Crippen LogP contribution in [0.1, 0.15) is 11.1 Å². The molecule has 3 aromatic rings. The van der Waals surface area contributed by atoms with E-state index in [9.17, 15) is 0 Å². The summed E-state index contributed by atoms with van der Waals surface area (Å²) in [7, 11) is 0. The predicted molar refractivity (Wildman–Crippen MR) is 89.5 cm³/mol. The number of rotatable bonds is 2. The zero-order valence-electron chi connectivity index (χ0n) is 11.5. The molecule has 0 radical (unpaired) electrons. The Morgan fingerprint density at radius 1 is 0.714 bits per heavy atom. The summed E-state index contributed by atoms with van der Waals surface area (Å²) in [6.45, 7) is 0. The molecule has 102 valence electrons. The van der Waals surface area contributed by atoms with Crippen LogP contribution >= 0.6 is 11.8 Å². The second-order valence-corrected chi connectivity index (χ2v) is 6.24. The van der Waals surface area contributed by atoms with Crippen molar-refractivity contribution < 1.29 is 0 Å². The van der Waals surface area contributed by atoms with Gasteiger partial charge in [-0.1, -0.05) is 54.2 Å². The van der Waals surface area contributed by atoms with Gasteiger partial charge in [0.05, 0.1) is 0 Å². The molecule has 21 heavy (non-hydrogen) atoms. The lowest BCUT2D eigenvalue weighted by Crippen LogP contribution is -2.03. The maximum atomic E-state index is 3.55.